The molecule has 2 amide bonds. The Bertz CT molecular complexity index is 441. The highest BCUT2D eigenvalue weighted by Crippen LogP contribution is 2.20. The van der Waals surface area contributed by atoms with E-state index in [1.807, 2.05) is 0 Å². The summed E-state index contributed by atoms with van der Waals surface area (Å²) < 4.78 is 13.1. The van der Waals surface area contributed by atoms with Crippen molar-refractivity contribution >= 4 is 17.6 Å². The molecule has 1 aromatic carbocycles. The van der Waals surface area contributed by atoms with Gasteiger partial charge in [0.2, 0.25) is 0 Å². The maximum Gasteiger partial charge on any atom is 0.334 e. The average Bonchev–Trinajstić information content (AvgIpc) is 2.30. The molecule has 1 aromatic rings. The molecule has 0 aromatic heterocycles. The fraction of sp³-hybridized carbons (Fsp3) is 0.364. The minimum absolute atomic E-state index is 0.253. The molecule has 1 aliphatic heterocycles. The van der Waals surface area contributed by atoms with Crippen LogP contribution in [0.1, 0.15) is 12.0 Å². The molecule has 0 atom stereocenters. The van der Waals surface area contributed by atoms with E-state index < -0.39 is 0 Å². The summed E-state index contributed by atoms with van der Waals surface area (Å²) in [5.74, 6) is 5.16. The van der Waals surface area contributed by atoms with Crippen molar-refractivity contribution in [3.05, 3.63) is 34.6 Å². The second-order valence-electron chi connectivity index (χ2n) is 3.99. The highest BCUT2D eigenvalue weighted by Gasteiger charge is 2.23. The molecule has 2 N–H and O–H groups in total. The lowest BCUT2D eigenvalue weighted by Gasteiger charge is -2.32. The van der Waals surface area contributed by atoms with E-state index in [-0.39, 0.29) is 18.4 Å². The van der Waals surface area contributed by atoms with E-state index in [4.69, 9.17) is 17.4 Å². The molecule has 0 saturated carbocycles. The first kappa shape index (κ1) is 12.1. The molecule has 0 bridgehead atoms. The molecule has 0 unspecified atom stereocenters. The van der Waals surface area contributed by atoms with Gasteiger partial charge in [-0.25, -0.2) is 15.0 Å². The molecule has 0 aliphatic carbocycles. The number of rotatable bonds is 2. The van der Waals surface area contributed by atoms with Gasteiger partial charge in [-0.05, 0) is 30.2 Å². The maximum absolute atomic E-state index is 13.1. The lowest BCUT2D eigenvalue weighted by Crippen LogP contribution is -2.52. The van der Waals surface area contributed by atoms with Crippen LogP contribution in [-0.2, 0) is 6.54 Å². The molecule has 1 aliphatic rings. The number of hydrogen-bond donors (Lipinski definition) is 1. The largest absolute Gasteiger partial charge is 0.334 e. The molecule has 1 saturated heterocycles. The summed E-state index contributed by atoms with van der Waals surface area (Å²) in [5.41, 5.74) is 0.593. The van der Waals surface area contributed by atoms with Gasteiger partial charge in [-0.3, -0.25) is 5.01 Å². The van der Waals surface area contributed by atoms with Crippen molar-refractivity contribution in [2.45, 2.75) is 13.0 Å². The smallest absolute Gasteiger partial charge is 0.319 e. The lowest BCUT2D eigenvalue weighted by molar-refractivity contribution is 0.127. The van der Waals surface area contributed by atoms with Crippen molar-refractivity contribution in [3.8, 4) is 0 Å². The number of hydrogen-bond acceptors (Lipinski definition) is 2. The van der Waals surface area contributed by atoms with E-state index in [1.165, 1.54) is 18.2 Å². The van der Waals surface area contributed by atoms with Gasteiger partial charge in [-0.15, -0.1) is 0 Å². The van der Waals surface area contributed by atoms with Crippen molar-refractivity contribution < 1.29 is 9.18 Å². The number of nitrogens with zero attached hydrogens (tertiary/aromatic N) is 2. The Hall–Kier alpha value is -1.33. The second-order valence-corrected chi connectivity index (χ2v) is 4.39. The minimum Gasteiger partial charge on any atom is -0.319 e. The third kappa shape index (κ3) is 2.68. The molecule has 0 spiro atoms. The number of carbonyl (C=O) groups excluding carboxylic acids is 1. The number of carbonyl (C=O) groups is 1. The van der Waals surface area contributed by atoms with Gasteiger partial charge >= 0.3 is 6.03 Å². The van der Waals surface area contributed by atoms with Gasteiger partial charge in [0.05, 0.1) is 0 Å². The van der Waals surface area contributed by atoms with Gasteiger partial charge in [-0.2, -0.15) is 0 Å². The Morgan fingerprint density at radius 3 is 2.94 bits per heavy atom. The molecule has 6 heteroatoms. The van der Waals surface area contributed by atoms with E-state index in [0.717, 1.165) is 11.4 Å². The zero-order valence-corrected chi connectivity index (χ0v) is 9.95. The van der Waals surface area contributed by atoms with E-state index in [1.54, 1.807) is 4.90 Å². The number of nitrogens with two attached hydrogens (primary N) is 1. The first-order chi connectivity index (χ1) is 8.08. The van der Waals surface area contributed by atoms with Gasteiger partial charge in [0.15, 0.2) is 0 Å². The van der Waals surface area contributed by atoms with Gasteiger partial charge < -0.3 is 4.90 Å². The van der Waals surface area contributed by atoms with Gasteiger partial charge in [-0.1, -0.05) is 11.6 Å². The van der Waals surface area contributed by atoms with Crippen molar-refractivity contribution in [1.29, 1.82) is 0 Å². The van der Waals surface area contributed by atoms with Crippen LogP contribution in [-0.4, -0.2) is 29.0 Å². The van der Waals surface area contributed by atoms with Crippen LogP contribution in [0.25, 0.3) is 0 Å². The lowest BCUT2D eigenvalue weighted by atomic mass is 10.2. The minimum atomic E-state index is -0.363. The van der Waals surface area contributed by atoms with Gasteiger partial charge in [0, 0.05) is 24.7 Å². The van der Waals surface area contributed by atoms with Crippen molar-refractivity contribution in [3.63, 3.8) is 0 Å². The quantitative estimate of drug-likeness (QED) is 0.651. The number of urea groups is 1. The Labute approximate surface area is 104 Å². The monoisotopic (exact) mass is 257 g/mol. The molecular formula is C11H13ClFN3O. The van der Waals surface area contributed by atoms with Gasteiger partial charge in [0.1, 0.15) is 5.82 Å². The number of hydrazine groups is 1. The normalized spacial score (nSPS) is 16.5. The zero-order valence-electron chi connectivity index (χ0n) is 9.20. The van der Waals surface area contributed by atoms with E-state index in [9.17, 15) is 9.18 Å². The van der Waals surface area contributed by atoms with Crippen LogP contribution >= 0.6 is 11.6 Å². The zero-order chi connectivity index (χ0) is 12.4. The van der Waals surface area contributed by atoms with Crippen LogP contribution < -0.4 is 5.84 Å². The van der Waals surface area contributed by atoms with Crippen molar-refractivity contribution in [2.75, 3.05) is 13.1 Å². The summed E-state index contributed by atoms with van der Waals surface area (Å²) in [4.78, 5) is 13.3. The molecule has 92 valence electrons. The fourth-order valence-corrected chi connectivity index (χ4v) is 2.00. The standard InChI is InChI=1S/C11H13ClFN3O/c12-10-3-2-9(13)6-8(10)7-15-4-1-5-16(14)11(15)17/h2-3,6H,1,4-5,7,14H2. The van der Waals surface area contributed by atoms with Crippen LogP contribution in [0.3, 0.4) is 0 Å². The molecule has 1 heterocycles. The third-order valence-corrected chi connectivity index (χ3v) is 3.08. The summed E-state index contributed by atoms with van der Waals surface area (Å²) in [5, 5.41) is 1.62. The predicted octanol–water partition coefficient (Wildman–Crippen LogP) is 1.98. The number of halogens is 2. The molecule has 17 heavy (non-hydrogen) atoms. The van der Waals surface area contributed by atoms with Crippen LogP contribution in [0.2, 0.25) is 5.02 Å². The summed E-state index contributed by atoms with van der Waals surface area (Å²) in [6.45, 7) is 1.44. The highest BCUT2D eigenvalue weighted by atomic mass is 35.5. The van der Waals surface area contributed by atoms with E-state index in [0.29, 0.717) is 23.7 Å². The fourth-order valence-electron chi connectivity index (χ4n) is 1.82. The highest BCUT2D eigenvalue weighted by molar-refractivity contribution is 6.31. The average molecular weight is 258 g/mol. The molecule has 4 nitrogen and oxygen atoms in total. The summed E-state index contributed by atoms with van der Waals surface area (Å²) in [7, 11) is 0. The van der Waals surface area contributed by atoms with Crippen LogP contribution in [0.4, 0.5) is 9.18 Å². The van der Waals surface area contributed by atoms with E-state index >= 15 is 0 Å². The number of benzene rings is 1. The van der Waals surface area contributed by atoms with Crippen molar-refractivity contribution in [1.82, 2.24) is 9.91 Å². The Morgan fingerprint density at radius 2 is 2.18 bits per heavy atom. The first-order valence-corrected chi connectivity index (χ1v) is 5.71. The second kappa shape index (κ2) is 4.89. The maximum atomic E-state index is 13.1. The topological polar surface area (TPSA) is 49.6 Å². The SMILES string of the molecule is NN1CCCN(Cc2cc(F)ccc2Cl)C1=O. The Kier molecular flexibility index (Phi) is 3.49. The first-order valence-electron chi connectivity index (χ1n) is 5.33. The molecule has 0 radical (unpaired) electrons. The Morgan fingerprint density at radius 1 is 1.41 bits per heavy atom. The third-order valence-electron chi connectivity index (χ3n) is 2.71. The van der Waals surface area contributed by atoms with E-state index in [2.05, 4.69) is 0 Å². The summed E-state index contributed by atoms with van der Waals surface area (Å²) in [6.07, 6.45) is 0.801. The van der Waals surface area contributed by atoms with Crippen LogP contribution in [0.5, 0.6) is 0 Å². The van der Waals surface area contributed by atoms with Gasteiger partial charge in [0.25, 0.3) is 0 Å². The van der Waals surface area contributed by atoms with Crippen LogP contribution in [0.15, 0.2) is 18.2 Å². The Balaban J connectivity index is 2.14. The predicted molar refractivity (Wildman–Crippen MR) is 62.7 cm³/mol. The van der Waals surface area contributed by atoms with Crippen molar-refractivity contribution in [2.24, 2.45) is 5.84 Å². The van der Waals surface area contributed by atoms with Crippen LogP contribution in [0, 0.1) is 5.82 Å². The summed E-state index contributed by atoms with van der Waals surface area (Å²) >= 11 is 5.95. The molecule has 2 rings (SSSR count). The molecule has 1 fully saturated rings. The number of amides is 2. The summed E-state index contributed by atoms with van der Waals surface area (Å²) in [6, 6.07) is 3.86. The molecular weight excluding hydrogens is 245 g/mol.